The summed E-state index contributed by atoms with van der Waals surface area (Å²) < 4.78 is 13.1. The number of halogens is 1. The van der Waals surface area contributed by atoms with Gasteiger partial charge in [0, 0.05) is 19.0 Å². The minimum Gasteiger partial charge on any atom is -0.353 e. The maximum atomic E-state index is 13.1. The number of carbonyl (C=O) groups excluding carboxylic acids is 2. The van der Waals surface area contributed by atoms with Gasteiger partial charge in [-0.25, -0.2) is 9.37 Å². The zero-order chi connectivity index (χ0) is 14.8. The third-order valence-electron chi connectivity index (χ3n) is 3.52. The molecule has 0 bridgehead atoms. The van der Waals surface area contributed by atoms with E-state index in [1.807, 2.05) is 0 Å². The van der Waals surface area contributed by atoms with Crippen LogP contribution < -0.4 is 10.6 Å². The molecule has 1 atom stereocenters. The van der Waals surface area contributed by atoms with Crippen LogP contribution in [0.2, 0.25) is 0 Å². The number of hydrogen-bond acceptors (Lipinski definition) is 3. The molecule has 0 saturated carbocycles. The third-order valence-corrected chi connectivity index (χ3v) is 3.52. The van der Waals surface area contributed by atoms with Crippen LogP contribution in [0.1, 0.15) is 29.9 Å². The lowest BCUT2D eigenvalue weighted by atomic mass is 10.1. The molecule has 1 saturated heterocycles. The molecule has 7 heteroatoms. The Kier molecular flexibility index (Phi) is 3.55. The highest BCUT2D eigenvalue weighted by molar-refractivity contribution is 5.94. The lowest BCUT2D eigenvalue weighted by molar-refractivity contribution is -0.119. The number of rotatable bonds is 4. The van der Waals surface area contributed by atoms with Gasteiger partial charge in [0.2, 0.25) is 5.91 Å². The first-order valence-electron chi connectivity index (χ1n) is 6.84. The summed E-state index contributed by atoms with van der Waals surface area (Å²) in [6, 6.07) is 4.25. The van der Waals surface area contributed by atoms with Crippen LogP contribution in [0.5, 0.6) is 0 Å². The van der Waals surface area contributed by atoms with E-state index in [-0.39, 0.29) is 29.5 Å². The predicted molar refractivity (Wildman–Crippen MR) is 74.2 cm³/mol. The van der Waals surface area contributed by atoms with Gasteiger partial charge < -0.3 is 15.6 Å². The van der Waals surface area contributed by atoms with Crippen molar-refractivity contribution in [2.45, 2.75) is 25.3 Å². The van der Waals surface area contributed by atoms with Crippen LogP contribution >= 0.6 is 0 Å². The van der Waals surface area contributed by atoms with Crippen molar-refractivity contribution >= 4 is 22.8 Å². The Morgan fingerprint density at radius 1 is 1.48 bits per heavy atom. The Morgan fingerprint density at radius 2 is 2.33 bits per heavy atom. The summed E-state index contributed by atoms with van der Waals surface area (Å²) in [5, 5.41) is 5.58. The largest absolute Gasteiger partial charge is 0.353 e. The summed E-state index contributed by atoms with van der Waals surface area (Å²) in [6.45, 7) is 0.454. The summed E-state index contributed by atoms with van der Waals surface area (Å²) in [7, 11) is 0. The molecule has 110 valence electrons. The molecule has 1 aliphatic heterocycles. The number of benzene rings is 1. The summed E-state index contributed by atoms with van der Waals surface area (Å²) in [5.74, 6) is -0.497. The highest BCUT2D eigenvalue weighted by atomic mass is 19.1. The number of nitrogens with one attached hydrogen (secondary N) is 3. The molecular formula is C14H15FN4O2. The average Bonchev–Trinajstić information content (AvgIpc) is 3.04. The summed E-state index contributed by atoms with van der Waals surface area (Å²) in [4.78, 5) is 29.9. The van der Waals surface area contributed by atoms with Crippen molar-refractivity contribution < 1.29 is 14.0 Å². The molecule has 1 aromatic heterocycles. The Labute approximate surface area is 120 Å². The average molecular weight is 290 g/mol. The minimum absolute atomic E-state index is 0.0608. The van der Waals surface area contributed by atoms with Gasteiger partial charge >= 0.3 is 0 Å². The minimum atomic E-state index is -0.380. The molecule has 2 amide bonds. The molecule has 0 spiro atoms. The Balaban J connectivity index is 1.57. The second-order valence-electron chi connectivity index (χ2n) is 5.09. The normalized spacial score (nSPS) is 18.0. The fraction of sp³-hybridized carbons (Fsp3) is 0.357. The number of imidazole rings is 1. The molecule has 0 aliphatic carbocycles. The maximum Gasteiger partial charge on any atom is 0.287 e. The molecule has 3 N–H and O–H groups in total. The number of nitrogens with zero attached hydrogens (tertiary/aromatic N) is 1. The van der Waals surface area contributed by atoms with E-state index in [4.69, 9.17) is 0 Å². The van der Waals surface area contributed by atoms with Gasteiger partial charge in [-0.3, -0.25) is 9.59 Å². The SMILES string of the molecule is O=C1CCC(CCNC(=O)c2nc3ccc(F)cc3[nH]2)N1. The van der Waals surface area contributed by atoms with Crippen molar-refractivity contribution in [3.63, 3.8) is 0 Å². The summed E-state index contributed by atoms with van der Waals surface area (Å²) in [6.07, 6.45) is 2.04. The number of amides is 2. The van der Waals surface area contributed by atoms with Gasteiger partial charge in [-0.15, -0.1) is 0 Å². The number of fused-ring (bicyclic) bond motifs is 1. The van der Waals surface area contributed by atoms with Crippen LogP contribution in [0.4, 0.5) is 4.39 Å². The molecule has 1 unspecified atom stereocenters. The molecule has 21 heavy (non-hydrogen) atoms. The quantitative estimate of drug-likeness (QED) is 0.788. The van der Waals surface area contributed by atoms with E-state index in [2.05, 4.69) is 20.6 Å². The molecule has 0 radical (unpaired) electrons. The Morgan fingerprint density at radius 3 is 3.10 bits per heavy atom. The molecule has 1 aromatic carbocycles. The van der Waals surface area contributed by atoms with E-state index in [9.17, 15) is 14.0 Å². The molecule has 1 aliphatic rings. The van der Waals surface area contributed by atoms with Gasteiger partial charge in [-0.2, -0.15) is 0 Å². The summed E-state index contributed by atoms with van der Waals surface area (Å²) >= 11 is 0. The van der Waals surface area contributed by atoms with E-state index < -0.39 is 0 Å². The van der Waals surface area contributed by atoms with Crippen LogP contribution in [-0.4, -0.2) is 34.4 Å². The first-order chi connectivity index (χ1) is 10.1. The number of H-pyrrole nitrogens is 1. The number of carbonyl (C=O) groups is 2. The lowest BCUT2D eigenvalue weighted by Gasteiger charge is -2.09. The molecule has 6 nitrogen and oxygen atoms in total. The first kappa shape index (κ1) is 13.5. The van der Waals surface area contributed by atoms with Crippen LogP contribution in [0.15, 0.2) is 18.2 Å². The number of hydrogen-bond donors (Lipinski definition) is 3. The Hall–Kier alpha value is -2.44. The fourth-order valence-corrected chi connectivity index (χ4v) is 2.43. The standard InChI is InChI=1S/C14H15FN4O2/c15-8-1-3-10-11(7-8)19-13(18-10)14(21)16-6-5-9-2-4-12(20)17-9/h1,3,7,9H,2,4-6H2,(H,16,21)(H,17,20)(H,18,19). The van der Waals surface area contributed by atoms with Crippen molar-refractivity contribution in [3.05, 3.63) is 29.8 Å². The highest BCUT2D eigenvalue weighted by Gasteiger charge is 2.20. The van der Waals surface area contributed by atoms with Crippen molar-refractivity contribution in [1.29, 1.82) is 0 Å². The topological polar surface area (TPSA) is 86.9 Å². The Bertz CT molecular complexity index is 697. The summed E-state index contributed by atoms with van der Waals surface area (Å²) in [5.41, 5.74) is 1.04. The molecular weight excluding hydrogens is 275 g/mol. The van der Waals surface area contributed by atoms with E-state index in [0.717, 1.165) is 6.42 Å². The van der Waals surface area contributed by atoms with Crippen LogP contribution in [-0.2, 0) is 4.79 Å². The smallest absolute Gasteiger partial charge is 0.287 e. The molecule has 2 aromatic rings. The first-order valence-corrected chi connectivity index (χ1v) is 6.84. The zero-order valence-electron chi connectivity index (χ0n) is 11.3. The van der Waals surface area contributed by atoms with Gasteiger partial charge in [0.1, 0.15) is 5.82 Å². The van der Waals surface area contributed by atoms with Gasteiger partial charge in [0.25, 0.3) is 5.91 Å². The van der Waals surface area contributed by atoms with Gasteiger partial charge in [-0.1, -0.05) is 0 Å². The second-order valence-corrected chi connectivity index (χ2v) is 5.09. The van der Waals surface area contributed by atoms with Crippen molar-refractivity contribution in [2.75, 3.05) is 6.54 Å². The number of aromatic amines is 1. The molecule has 1 fully saturated rings. The third kappa shape index (κ3) is 3.01. The predicted octanol–water partition coefficient (Wildman–Crippen LogP) is 1.10. The monoisotopic (exact) mass is 290 g/mol. The van der Waals surface area contributed by atoms with Crippen LogP contribution in [0, 0.1) is 5.82 Å². The van der Waals surface area contributed by atoms with Crippen LogP contribution in [0.25, 0.3) is 11.0 Å². The van der Waals surface area contributed by atoms with E-state index in [0.29, 0.717) is 30.4 Å². The number of aromatic nitrogens is 2. The maximum absolute atomic E-state index is 13.1. The van der Waals surface area contributed by atoms with E-state index >= 15 is 0 Å². The highest BCUT2D eigenvalue weighted by Crippen LogP contribution is 2.13. The van der Waals surface area contributed by atoms with Gasteiger partial charge in [0.15, 0.2) is 5.82 Å². The molecule has 2 heterocycles. The zero-order valence-corrected chi connectivity index (χ0v) is 11.3. The van der Waals surface area contributed by atoms with E-state index in [1.54, 1.807) is 0 Å². The second kappa shape index (κ2) is 5.51. The van der Waals surface area contributed by atoms with Gasteiger partial charge in [-0.05, 0) is 31.0 Å². The van der Waals surface area contributed by atoms with Crippen molar-refractivity contribution in [3.8, 4) is 0 Å². The lowest BCUT2D eigenvalue weighted by Crippen LogP contribution is -2.32. The van der Waals surface area contributed by atoms with Crippen molar-refractivity contribution in [1.82, 2.24) is 20.6 Å². The molecule has 3 rings (SSSR count). The van der Waals surface area contributed by atoms with Crippen LogP contribution in [0.3, 0.4) is 0 Å². The van der Waals surface area contributed by atoms with Crippen molar-refractivity contribution in [2.24, 2.45) is 0 Å². The van der Waals surface area contributed by atoms with E-state index in [1.165, 1.54) is 18.2 Å². The van der Waals surface area contributed by atoms with Gasteiger partial charge in [0.05, 0.1) is 11.0 Å². The fourth-order valence-electron chi connectivity index (χ4n) is 2.43.